The summed E-state index contributed by atoms with van der Waals surface area (Å²) < 4.78 is 0. The molecule has 3 heteroatoms. The van der Waals surface area contributed by atoms with E-state index >= 15 is 0 Å². The van der Waals surface area contributed by atoms with Crippen molar-refractivity contribution in [3.63, 3.8) is 0 Å². The van der Waals surface area contributed by atoms with Gasteiger partial charge in [0.25, 0.3) is 0 Å². The Morgan fingerprint density at radius 1 is 1.70 bits per heavy atom. The first kappa shape index (κ1) is 7.66. The van der Waals surface area contributed by atoms with Gasteiger partial charge >= 0.3 is 0 Å². The van der Waals surface area contributed by atoms with E-state index in [4.69, 9.17) is 5.73 Å². The largest absolute Gasteiger partial charge is 0.378 e. The summed E-state index contributed by atoms with van der Waals surface area (Å²) in [5.74, 6) is 0.552. The molecule has 0 saturated heterocycles. The van der Waals surface area contributed by atoms with Crippen LogP contribution in [0.15, 0.2) is 16.5 Å². The molecule has 0 aromatic heterocycles. The Balaban J connectivity index is 2.61. The number of rotatable bonds is 1. The molecule has 0 radical (unpaired) electrons. The van der Waals surface area contributed by atoms with E-state index in [0.717, 1.165) is 0 Å². The third-order valence-corrected chi connectivity index (χ3v) is 2.06. The second kappa shape index (κ2) is 3.10. The van der Waals surface area contributed by atoms with Crippen LogP contribution in [0.3, 0.4) is 0 Å². The minimum Gasteiger partial charge on any atom is -0.378 e. The molecule has 1 atom stereocenters. The highest BCUT2D eigenvalue weighted by atomic mass is 32.2. The Morgan fingerprint density at radius 3 is 2.80 bits per heavy atom. The van der Waals surface area contributed by atoms with Crippen molar-refractivity contribution in [2.75, 3.05) is 0 Å². The van der Waals surface area contributed by atoms with E-state index in [-0.39, 0.29) is 0 Å². The predicted molar refractivity (Wildman–Crippen MR) is 47.0 cm³/mol. The molecule has 1 aliphatic rings. The molecule has 0 amide bonds. The van der Waals surface area contributed by atoms with E-state index < -0.39 is 0 Å². The minimum absolute atomic E-state index is 0.293. The van der Waals surface area contributed by atoms with Crippen molar-refractivity contribution in [3.05, 3.63) is 11.5 Å². The zero-order valence-corrected chi connectivity index (χ0v) is 7.06. The van der Waals surface area contributed by atoms with Crippen molar-refractivity contribution < 1.29 is 0 Å². The van der Waals surface area contributed by atoms with Gasteiger partial charge in [-0.2, -0.15) is 0 Å². The van der Waals surface area contributed by atoms with E-state index in [1.165, 1.54) is 11.8 Å². The number of hydrogen-bond acceptors (Lipinski definition) is 3. The summed E-state index contributed by atoms with van der Waals surface area (Å²) in [5.41, 5.74) is 5.52. The third-order valence-electron chi connectivity index (χ3n) is 1.42. The second-order valence-corrected chi connectivity index (χ2v) is 3.57. The Hall–Kier alpha value is -0.440. The fourth-order valence-electron chi connectivity index (χ4n) is 0.781. The van der Waals surface area contributed by atoms with Crippen LogP contribution in [0.1, 0.15) is 13.8 Å². The van der Waals surface area contributed by atoms with Crippen LogP contribution in [0, 0.1) is 5.92 Å². The normalized spacial score (nSPS) is 25.1. The molecule has 2 nitrogen and oxygen atoms in total. The van der Waals surface area contributed by atoms with E-state index in [1.807, 2.05) is 5.41 Å². The van der Waals surface area contributed by atoms with Crippen LogP contribution in [-0.2, 0) is 0 Å². The van der Waals surface area contributed by atoms with E-state index in [2.05, 4.69) is 24.9 Å². The number of thioether (sulfide) groups is 1. The molecule has 0 aromatic rings. The molecule has 0 spiro atoms. The second-order valence-electron chi connectivity index (χ2n) is 2.65. The van der Waals surface area contributed by atoms with Crippen LogP contribution in [0.5, 0.6) is 0 Å². The van der Waals surface area contributed by atoms with Crippen molar-refractivity contribution >= 4 is 16.9 Å². The third kappa shape index (κ3) is 1.77. The fourth-order valence-corrected chi connectivity index (χ4v) is 1.34. The van der Waals surface area contributed by atoms with Crippen LogP contribution < -0.4 is 5.73 Å². The van der Waals surface area contributed by atoms with Crippen LogP contribution in [0.2, 0.25) is 0 Å². The smallest absolute Gasteiger partial charge is 0.158 e. The van der Waals surface area contributed by atoms with Crippen molar-refractivity contribution in [1.29, 1.82) is 0 Å². The van der Waals surface area contributed by atoms with Crippen LogP contribution in [0.25, 0.3) is 0 Å². The number of aliphatic imine (C=N–C) groups is 1. The highest BCUT2D eigenvalue weighted by Gasteiger charge is 2.11. The molecule has 0 fully saturated rings. The summed E-state index contributed by atoms with van der Waals surface area (Å²) in [6.07, 6.45) is 2.09. The predicted octanol–water partition coefficient (Wildman–Crippen LogP) is 1.59. The maximum Gasteiger partial charge on any atom is 0.158 e. The summed E-state index contributed by atoms with van der Waals surface area (Å²) >= 11 is 1.49. The molecular weight excluding hydrogens is 144 g/mol. The lowest BCUT2D eigenvalue weighted by molar-refractivity contribution is 0.573. The molecule has 0 bridgehead atoms. The van der Waals surface area contributed by atoms with Crippen molar-refractivity contribution in [3.8, 4) is 0 Å². The first-order valence-corrected chi connectivity index (χ1v) is 4.24. The zero-order chi connectivity index (χ0) is 7.56. The van der Waals surface area contributed by atoms with Crippen molar-refractivity contribution in [2.24, 2.45) is 16.6 Å². The molecule has 2 N–H and O–H groups in total. The molecule has 0 saturated carbocycles. The van der Waals surface area contributed by atoms with Crippen molar-refractivity contribution in [1.82, 2.24) is 0 Å². The van der Waals surface area contributed by atoms with Gasteiger partial charge < -0.3 is 5.73 Å². The Morgan fingerprint density at radius 2 is 2.40 bits per heavy atom. The van der Waals surface area contributed by atoms with Crippen molar-refractivity contribution in [2.45, 2.75) is 19.9 Å². The highest BCUT2D eigenvalue weighted by Crippen LogP contribution is 2.17. The number of hydrogen-bond donors (Lipinski definition) is 1. The molecule has 0 aliphatic carbocycles. The standard InChI is InChI=1S/C7H12N2S/c1-5(2)6-3-4-10-7(8)9-6/h3-6H,1-2H3,(H2,8,9). The van der Waals surface area contributed by atoms with Gasteiger partial charge in [0.15, 0.2) is 5.17 Å². The first-order chi connectivity index (χ1) is 4.70. The molecule has 1 unspecified atom stereocenters. The summed E-state index contributed by atoms with van der Waals surface area (Å²) in [5, 5.41) is 2.69. The van der Waals surface area contributed by atoms with Gasteiger partial charge in [-0.3, -0.25) is 4.99 Å². The van der Waals surface area contributed by atoms with Gasteiger partial charge in [0, 0.05) is 0 Å². The maximum absolute atomic E-state index is 5.52. The van der Waals surface area contributed by atoms with E-state index in [9.17, 15) is 0 Å². The summed E-state index contributed by atoms with van der Waals surface area (Å²) in [6.45, 7) is 4.28. The van der Waals surface area contributed by atoms with Gasteiger partial charge in [-0.15, -0.1) is 0 Å². The van der Waals surface area contributed by atoms with Gasteiger partial charge in [0.2, 0.25) is 0 Å². The van der Waals surface area contributed by atoms with Crippen LogP contribution >= 0.6 is 11.8 Å². The fraction of sp³-hybridized carbons (Fsp3) is 0.571. The van der Waals surface area contributed by atoms with E-state index in [0.29, 0.717) is 17.1 Å². The lowest BCUT2D eigenvalue weighted by Gasteiger charge is -2.15. The van der Waals surface area contributed by atoms with E-state index in [1.54, 1.807) is 0 Å². The number of nitrogens with two attached hydrogens (primary N) is 1. The van der Waals surface area contributed by atoms with Gasteiger partial charge in [-0.1, -0.05) is 31.7 Å². The van der Waals surface area contributed by atoms with Gasteiger partial charge in [-0.25, -0.2) is 0 Å². The SMILES string of the molecule is CC(C)C1C=CSC(N)=N1. The van der Waals surface area contributed by atoms with Crippen LogP contribution in [-0.4, -0.2) is 11.2 Å². The quantitative estimate of drug-likeness (QED) is 0.626. The summed E-state index contributed by atoms with van der Waals surface area (Å²) in [7, 11) is 0. The first-order valence-electron chi connectivity index (χ1n) is 3.37. The highest BCUT2D eigenvalue weighted by molar-refractivity contribution is 8.16. The monoisotopic (exact) mass is 156 g/mol. The topological polar surface area (TPSA) is 38.4 Å². The summed E-state index contributed by atoms with van der Waals surface area (Å²) in [4.78, 5) is 4.25. The maximum atomic E-state index is 5.52. The Bertz CT molecular complexity index is 172. The molecule has 10 heavy (non-hydrogen) atoms. The molecule has 1 heterocycles. The summed E-state index contributed by atoms with van der Waals surface area (Å²) in [6, 6.07) is 0.293. The van der Waals surface area contributed by atoms with Gasteiger partial charge in [0.05, 0.1) is 6.04 Å². The zero-order valence-electron chi connectivity index (χ0n) is 6.24. The average molecular weight is 156 g/mol. The molecule has 0 aromatic carbocycles. The van der Waals surface area contributed by atoms with Gasteiger partial charge in [-0.05, 0) is 11.3 Å². The minimum atomic E-state index is 0.293. The lowest BCUT2D eigenvalue weighted by atomic mass is 10.1. The van der Waals surface area contributed by atoms with Crippen LogP contribution in [0.4, 0.5) is 0 Å². The molecule has 56 valence electrons. The molecular formula is C7H12N2S. The average Bonchev–Trinajstić information content (AvgIpc) is 1.88. The Kier molecular flexibility index (Phi) is 2.38. The number of nitrogens with zero attached hydrogens (tertiary/aromatic N) is 1. The lowest BCUT2D eigenvalue weighted by Crippen LogP contribution is -2.18. The number of amidine groups is 1. The Labute approximate surface area is 65.6 Å². The molecule has 1 aliphatic heterocycles. The van der Waals surface area contributed by atoms with Gasteiger partial charge in [0.1, 0.15) is 0 Å². The molecule has 1 rings (SSSR count).